The van der Waals surface area contributed by atoms with Crippen molar-refractivity contribution in [3.63, 3.8) is 0 Å². The molecule has 4 nitrogen and oxygen atoms in total. The highest BCUT2D eigenvalue weighted by Gasteiger charge is 2.31. The Bertz CT molecular complexity index is 441. The Balaban J connectivity index is 1.82. The molecule has 0 radical (unpaired) electrons. The zero-order valence-electron chi connectivity index (χ0n) is 10.4. The summed E-state index contributed by atoms with van der Waals surface area (Å²) >= 11 is 0. The molecule has 1 aromatic carbocycles. The van der Waals surface area contributed by atoms with Crippen molar-refractivity contribution >= 4 is 11.6 Å². The number of carbonyl (C=O) groups is 1. The van der Waals surface area contributed by atoms with E-state index in [-0.39, 0.29) is 11.8 Å². The van der Waals surface area contributed by atoms with Crippen LogP contribution in [0.3, 0.4) is 0 Å². The van der Waals surface area contributed by atoms with Gasteiger partial charge in [0.1, 0.15) is 0 Å². The lowest BCUT2D eigenvalue weighted by molar-refractivity contribution is -0.198. The Morgan fingerprint density at radius 2 is 2.22 bits per heavy atom. The van der Waals surface area contributed by atoms with Gasteiger partial charge in [-0.3, -0.25) is 9.63 Å². The second-order valence-corrected chi connectivity index (χ2v) is 4.84. The molecule has 0 aliphatic carbocycles. The normalized spacial score (nSPS) is 23.1. The second-order valence-electron chi connectivity index (χ2n) is 4.84. The van der Waals surface area contributed by atoms with E-state index in [0.29, 0.717) is 6.61 Å². The van der Waals surface area contributed by atoms with E-state index in [0.717, 1.165) is 43.6 Å². The van der Waals surface area contributed by atoms with Gasteiger partial charge in [-0.2, -0.15) is 0 Å². The number of para-hydroxylation sites is 1. The van der Waals surface area contributed by atoms with Gasteiger partial charge in [-0.25, -0.2) is 5.06 Å². The maximum Gasteiger partial charge on any atom is 0.253 e. The lowest BCUT2D eigenvalue weighted by atomic mass is 9.90. The van der Waals surface area contributed by atoms with E-state index in [1.165, 1.54) is 0 Å². The monoisotopic (exact) mass is 246 g/mol. The summed E-state index contributed by atoms with van der Waals surface area (Å²) in [6.45, 7) is 2.24. The molecule has 1 unspecified atom stereocenters. The van der Waals surface area contributed by atoms with Crippen LogP contribution in [0.2, 0.25) is 0 Å². The average Bonchev–Trinajstić information content (AvgIpc) is 2.47. The first kappa shape index (κ1) is 11.5. The smallest absolute Gasteiger partial charge is 0.253 e. The summed E-state index contributed by atoms with van der Waals surface area (Å²) in [7, 11) is 0. The molecule has 0 spiro atoms. The summed E-state index contributed by atoms with van der Waals surface area (Å²) in [5.74, 6) is 0.0594. The predicted molar refractivity (Wildman–Crippen MR) is 69.2 cm³/mol. The number of nitrogens with zero attached hydrogens (tertiary/aromatic N) is 1. The van der Waals surface area contributed by atoms with Crippen LogP contribution in [-0.2, 0) is 9.63 Å². The third-order valence-electron chi connectivity index (χ3n) is 3.63. The van der Waals surface area contributed by atoms with Gasteiger partial charge in [0.25, 0.3) is 5.91 Å². The van der Waals surface area contributed by atoms with E-state index in [4.69, 9.17) is 4.84 Å². The Hall–Kier alpha value is -1.55. The van der Waals surface area contributed by atoms with Gasteiger partial charge in [0, 0.05) is 18.8 Å². The SMILES string of the molecule is O=C(C1CCNc2ccccc21)N1CCCCO1. The maximum absolute atomic E-state index is 12.5. The number of hydroxylamine groups is 2. The van der Waals surface area contributed by atoms with Gasteiger partial charge in [-0.05, 0) is 30.9 Å². The number of hydrogen-bond acceptors (Lipinski definition) is 3. The fourth-order valence-corrected chi connectivity index (χ4v) is 2.67. The van der Waals surface area contributed by atoms with Crippen molar-refractivity contribution in [1.82, 2.24) is 5.06 Å². The summed E-state index contributed by atoms with van der Waals surface area (Å²) < 4.78 is 0. The van der Waals surface area contributed by atoms with Gasteiger partial charge >= 0.3 is 0 Å². The lowest BCUT2D eigenvalue weighted by Crippen LogP contribution is -2.40. The van der Waals surface area contributed by atoms with Crippen LogP contribution >= 0.6 is 0 Å². The molecule has 1 N–H and O–H groups in total. The molecule has 0 bridgehead atoms. The summed E-state index contributed by atoms with van der Waals surface area (Å²) in [6.07, 6.45) is 2.93. The fourth-order valence-electron chi connectivity index (χ4n) is 2.67. The predicted octanol–water partition coefficient (Wildman–Crippen LogP) is 2.14. The third kappa shape index (κ3) is 2.08. The first-order valence-electron chi connectivity index (χ1n) is 6.63. The number of nitrogens with one attached hydrogen (secondary N) is 1. The van der Waals surface area contributed by atoms with Crippen molar-refractivity contribution in [3.05, 3.63) is 29.8 Å². The number of amides is 1. The molecular weight excluding hydrogens is 228 g/mol. The number of hydrogen-bond donors (Lipinski definition) is 1. The molecule has 1 atom stereocenters. The molecule has 4 heteroatoms. The zero-order valence-corrected chi connectivity index (χ0v) is 10.4. The van der Waals surface area contributed by atoms with E-state index in [9.17, 15) is 4.79 Å². The van der Waals surface area contributed by atoms with Crippen molar-refractivity contribution in [2.75, 3.05) is 25.0 Å². The minimum atomic E-state index is -0.0550. The average molecular weight is 246 g/mol. The molecule has 0 saturated carbocycles. The highest BCUT2D eigenvalue weighted by Crippen LogP contribution is 2.33. The Labute approximate surface area is 107 Å². The van der Waals surface area contributed by atoms with Crippen LogP contribution in [0, 0.1) is 0 Å². The Morgan fingerprint density at radius 3 is 3.06 bits per heavy atom. The number of carbonyl (C=O) groups excluding carboxylic acids is 1. The van der Waals surface area contributed by atoms with Crippen LogP contribution < -0.4 is 5.32 Å². The summed E-state index contributed by atoms with van der Waals surface area (Å²) in [5, 5.41) is 4.90. The van der Waals surface area contributed by atoms with Gasteiger partial charge in [0.15, 0.2) is 0 Å². The Morgan fingerprint density at radius 1 is 1.33 bits per heavy atom. The van der Waals surface area contributed by atoms with Crippen molar-refractivity contribution in [2.45, 2.75) is 25.2 Å². The summed E-state index contributed by atoms with van der Waals surface area (Å²) in [4.78, 5) is 18.0. The molecule has 2 aliphatic rings. The van der Waals surface area contributed by atoms with Crippen molar-refractivity contribution in [1.29, 1.82) is 0 Å². The van der Waals surface area contributed by atoms with Gasteiger partial charge in [-0.15, -0.1) is 0 Å². The molecule has 3 rings (SSSR count). The number of fused-ring (bicyclic) bond motifs is 1. The van der Waals surface area contributed by atoms with Gasteiger partial charge in [0.05, 0.1) is 12.5 Å². The van der Waals surface area contributed by atoms with Gasteiger partial charge < -0.3 is 5.32 Å². The van der Waals surface area contributed by atoms with Crippen LogP contribution in [-0.4, -0.2) is 30.7 Å². The molecule has 1 aromatic rings. The van der Waals surface area contributed by atoms with E-state index in [2.05, 4.69) is 5.32 Å². The lowest BCUT2D eigenvalue weighted by Gasteiger charge is -2.32. The third-order valence-corrected chi connectivity index (χ3v) is 3.63. The molecule has 2 heterocycles. The Kier molecular flexibility index (Phi) is 3.19. The van der Waals surface area contributed by atoms with Crippen LogP contribution in [0.15, 0.2) is 24.3 Å². The topological polar surface area (TPSA) is 41.6 Å². The quantitative estimate of drug-likeness (QED) is 0.825. The minimum absolute atomic E-state index is 0.0550. The largest absolute Gasteiger partial charge is 0.385 e. The summed E-state index contributed by atoms with van der Waals surface area (Å²) in [6, 6.07) is 8.05. The molecule has 1 fully saturated rings. The molecule has 0 aromatic heterocycles. The van der Waals surface area contributed by atoms with Crippen LogP contribution in [0.25, 0.3) is 0 Å². The molecule has 96 valence electrons. The van der Waals surface area contributed by atoms with E-state index < -0.39 is 0 Å². The second kappa shape index (κ2) is 4.98. The van der Waals surface area contributed by atoms with Crippen LogP contribution in [0.1, 0.15) is 30.7 Å². The highest BCUT2D eigenvalue weighted by atomic mass is 16.7. The van der Waals surface area contributed by atoms with E-state index in [1.54, 1.807) is 5.06 Å². The highest BCUT2D eigenvalue weighted by molar-refractivity contribution is 5.85. The van der Waals surface area contributed by atoms with Crippen molar-refractivity contribution < 1.29 is 9.63 Å². The standard InChI is InChI=1S/C14H18N2O2/c17-14(16-9-3-4-10-18-16)12-7-8-15-13-6-2-1-5-11(12)13/h1-2,5-6,12,15H,3-4,7-10H2. The van der Waals surface area contributed by atoms with Gasteiger partial charge in [-0.1, -0.05) is 18.2 Å². The number of rotatable bonds is 1. The first-order valence-corrected chi connectivity index (χ1v) is 6.63. The molecule has 18 heavy (non-hydrogen) atoms. The number of benzene rings is 1. The van der Waals surface area contributed by atoms with E-state index in [1.807, 2.05) is 24.3 Å². The van der Waals surface area contributed by atoms with Crippen LogP contribution in [0.5, 0.6) is 0 Å². The molecule has 1 saturated heterocycles. The summed E-state index contributed by atoms with van der Waals surface area (Å²) in [5.41, 5.74) is 2.18. The van der Waals surface area contributed by atoms with Gasteiger partial charge in [0.2, 0.25) is 0 Å². The zero-order chi connectivity index (χ0) is 12.4. The molecular formula is C14H18N2O2. The maximum atomic E-state index is 12.5. The fraction of sp³-hybridized carbons (Fsp3) is 0.500. The van der Waals surface area contributed by atoms with E-state index >= 15 is 0 Å². The van der Waals surface area contributed by atoms with Crippen molar-refractivity contribution in [2.24, 2.45) is 0 Å². The van der Waals surface area contributed by atoms with Crippen LogP contribution in [0.4, 0.5) is 5.69 Å². The number of anilines is 1. The molecule has 1 amide bonds. The van der Waals surface area contributed by atoms with Crippen molar-refractivity contribution in [3.8, 4) is 0 Å². The first-order chi connectivity index (χ1) is 8.86. The molecule has 2 aliphatic heterocycles. The minimum Gasteiger partial charge on any atom is -0.385 e.